The maximum atomic E-state index is 12.9. The Balaban J connectivity index is 1.52. The lowest BCUT2D eigenvalue weighted by molar-refractivity contribution is 0.0341. The molecule has 1 N–H and O–H groups in total. The Morgan fingerprint density at radius 1 is 1.17 bits per heavy atom. The summed E-state index contributed by atoms with van der Waals surface area (Å²) in [5.41, 5.74) is 1.55. The summed E-state index contributed by atoms with van der Waals surface area (Å²) < 4.78 is 10.8. The molecular weight excluding hydrogens is 394 g/mol. The van der Waals surface area contributed by atoms with Crippen molar-refractivity contribution in [2.24, 2.45) is 0 Å². The van der Waals surface area contributed by atoms with Crippen molar-refractivity contribution in [3.63, 3.8) is 0 Å². The number of hydrogen-bond donors (Lipinski definition) is 1. The Labute approximate surface area is 172 Å². The van der Waals surface area contributed by atoms with Crippen LogP contribution < -0.4 is 10.7 Å². The molecule has 0 aliphatic carbocycles. The fourth-order valence-corrected chi connectivity index (χ4v) is 3.33. The van der Waals surface area contributed by atoms with Crippen LogP contribution in [0, 0.1) is 0 Å². The summed E-state index contributed by atoms with van der Waals surface area (Å²) >= 11 is 5.86. The van der Waals surface area contributed by atoms with Crippen molar-refractivity contribution in [3.8, 4) is 0 Å². The summed E-state index contributed by atoms with van der Waals surface area (Å²) in [6, 6.07) is 8.87. The molecular formula is C21H20ClN3O4. The number of amides is 1. The number of benzene rings is 1. The van der Waals surface area contributed by atoms with Crippen molar-refractivity contribution >= 4 is 28.6 Å². The molecule has 0 atom stereocenters. The largest absolute Gasteiger partial charge is 0.445 e. The minimum absolute atomic E-state index is 0.0446. The van der Waals surface area contributed by atoms with E-state index in [1.54, 1.807) is 24.4 Å². The van der Waals surface area contributed by atoms with Crippen LogP contribution in [0.15, 0.2) is 52.0 Å². The van der Waals surface area contributed by atoms with E-state index in [0.717, 1.165) is 30.5 Å². The Bertz CT molecular complexity index is 1080. The van der Waals surface area contributed by atoms with E-state index in [1.165, 1.54) is 0 Å². The third-order valence-corrected chi connectivity index (χ3v) is 5.06. The second-order valence-electron chi connectivity index (χ2n) is 6.87. The summed E-state index contributed by atoms with van der Waals surface area (Å²) in [6.45, 7) is 4.00. The molecule has 8 heteroatoms. The fourth-order valence-electron chi connectivity index (χ4n) is 3.21. The topological polar surface area (TPSA) is 84.7 Å². The number of ether oxygens (including phenoxy) is 1. The van der Waals surface area contributed by atoms with E-state index in [1.807, 2.05) is 12.1 Å². The van der Waals surface area contributed by atoms with Gasteiger partial charge in [0.2, 0.25) is 11.1 Å². The number of aromatic nitrogens is 1. The highest BCUT2D eigenvalue weighted by atomic mass is 35.5. The maximum absolute atomic E-state index is 12.9. The Hall–Kier alpha value is -2.74. The molecule has 7 nitrogen and oxygen atoms in total. The predicted octanol–water partition coefficient (Wildman–Crippen LogP) is 2.60. The van der Waals surface area contributed by atoms with E-state index in [9.17, 15) is 9.59 Å². The number of nitrogens with zero attached hydrogens (tertiary/aromatic N) is 2. The molecule has 1 aliphatic rings. The van der Waals surface area contributed by atoms with E-state index in [4.69, 9.17) is 20.8 Å². The number of hydrogen-bond acceptors (Lipinski definition) is 6. The van der Waals surface area contributed by atoms with Gasteiger partial charge in [0.1, 0.15) is 11.8 Å². The van der Waals surface area contributed by atoms with Gasteiger partial charge >= 0.3 is 0 Å². The van der Waals surface area contributed by atoms with Crippen LogP contribution in [0.25, 0.3) is 11.1 Å². The lowest BCUT2D eigenvalue weighted by Gasteiger charge is -2.26. The monoisotopic (exact) mass is 413 g/mol. The van der Waals surface area contributed by atoms with Gasteiger partial charge in [-0.2, -0.15) is 0 Å². The first-order valence-electron chi connectivity index (χ1n) is 9.33. The summed E-state index contributed by atoms with van der Waals surface area (Å²) in [5, 5.41) is 3.66. The number of carbonyl (C=O) groups excluding carboxylic acids is 1. The first-order valence-corrected chi connectivity index (χ1v) is 9.71. The zero-order valence-electron chi connectivity index (χ0n) is 15.7. The zero-order valence-corrected chi connectivity index (χ0v) is 16.4. The predicted molar refractivity (Wildman–Crippen MR) is 109 cm³/mol. The van der Waals surface area contributed by atoms with Crippen LogP contribution in [0.1, 0.15) is 21.5 Å². The van der Waals surface area contributed by atoms with Crippen LogP contribution in [0.4, 0.5) is 0 Å². The lowest BCUT2D eigenvalue weighted by atomic mass is 10.1. The van der Waals surface area contributed by atoms with Gasteiger partial charge in [0, 0.05) is 37.4 Å². The summed E-state index contributed by atoms with van der Waals surface area (Å²) in [4.78, 5) is 31.8. The molecule has 0 bridgehead atoms. The molecule has 2 aromatic heterocycles. The van der Waals surface area contributed by atoms with Crippen LogP contribution in [0.5, 0.6) is 0 Å². The number of pyridine rings is 1. The van der Waals surface area contributed by atoms with Crippen LogP contribution in [0.3, 0.4) is 0 Å². The number of carbonyl (C=O) groups is 1. The Kier molecular flexibility index (Phi) is 5.89. The first kappa shape index (κ1) is 19.6. The molecule has 1 aromatic carbocycles. The molecule has 150 valence electrons. The number of rotatable bonds is 5. The van der Waals surface area contributed by atoms with Gasteiger partial charge in [-0.05, 0) is 29.3 Å². The van der Waals surface area contributed by atoms with Gasteiger partial charge in [-0.3, -0.25) is 14.5 Å². The standard InChI is InChI=1S/C21H20ClN3O4/c22-16-3-1-14(2-4-16)10-23-20(27)18-13-29-21-17(19(18)26)9-15(11-24-21)12-25-5-7-28-8-6-25/h1-4,9,11,13H,5-8,10,12H2,(H,23,27). The number of fused-ring (bicyclic) bond motifs is 1. The molecule has 1 fully saturated rings. The second-order valence-corrected chi connectivity index (χ2v) is 7.31. The van der Waals surface area contributed by atoms with Crippen LogP contribution in [-0.4, -0.2) is 42.1 Å². The summed E-state index contributed by atoms with van der Waals surface area (Å²) in [5.74, 6) is -0.491. The van der Waals surface area contributed by atoms with Gasteiger partial charge in [0.25, 0.3) is 5.91 Å². The van der Waals surface area contributed by atoms with Crippen molar-refractivity contribution in [1.82, 2.24) is 15.2 Å². The smallest absolute Gasteiger partial charge is 0.258 e. The van der Waals surface area contributed by atoms with E-state index in [2.05, 4.69) is 15.2 Å². The average Bonchev–Trinajstić information content (AvgIpc) is 2.74. The molecule has 0 unspecified atom stereocenters. The van der Waals surface area contributed by atoms with Gasteiger partial charge in [-0.1, -0.05) is 23.7 Å². The summed E-state index contributed by atoms with van der Waals surface area (Å²) in [6.07, 6.45) is 2.86. The van der Waals surface area contributed by atoms with E-state index in [-0.39, 0.29) is 17.8 Å². The number of morpholine rings is 1. The van der Waals surface area contributed by atoms with Gasteiger partial charge in [-0.25, -0.2) is 4.98 Å². The van der Waals surface area contributed by atoms with Crippen molar-refractivity contribution < 1.29 is 13.9 Å². The molecule has 0 saturated carbocycles. The van der Waals surface area contributed by atoms with Crippen LogP contribution >= 0.6 is 11.6 Å². The highest BCUT2D eigenvalue weighted by molar-refractivity contribution is 6.30. The van der Waals surface area contributed by atoms with Crippen molar-refractivity contribution in [1.29, 1.82) is 0 Å². The molecule has 1 saturated heterocycles. The third kappa shape index (κ3) is 4.64. The van der Waals surface area contributed by atoms with Crippen molar-refractivity contribution in [2.45, 2.75) is 13.1 Å². The maximum Gasteiger partial charge on any atom is 0.258 e. The van der Waals surface area contributed by atoms with Crippen LogP contribution in [0.2, 0.25) is 5.02 Å². The third-order valence-electron chi connectivity index (χ3n) is 4.81. The van der Waals surface area contributed by atoms with Crippen molar-refractivity contribution in [3.05, 3.63) is 74.7 Å². The molecule has 3 heterocycles. The zero-order chi connectivity index (χ0) is 20.2. The van der Waals surface area contributed by atoms with Crippen molar-refractivity contribution in [2.75, 3.05) is 26.3 Å². The molecule has 1 aliphatic heterocycles. The lowest BCUT2D eigenvalue weighted by Crippen LogP contribution is -2.35. The Morgan fingerprint density at radius 3 is 2.69 bits per heavy atom. The average molecular weight is 414 g/mol. The molecule has 0 radical (unpaired) electrons. The minimum atomic E-state index is -0.491. The first-order chi connectivity index (χ1) is 14.1. The van der Waals surface area contributed by atoms with Gasteiger partial charge in [-0.15, -0.1) is 0 Å². The van der Waals surface area contributed by atoms with Gasteiger partial charge in [0.05, 0.1) is 18.6 Å². The minimum Gasteiger partial charge on any atom is -0.445 e. The normalized spacial score (nSPS) is 14.8. The molecule has 1 amide bonds. The van der Waals surface area contributed by atoms with E-state index < -0.39 is 11.3 Å². The fraction of sp³-hybridized carbons (Fsp3) is 0.286. The molecule has 4 rings (SSSR count). The van der Waals surface area contributed by atoms with E-state index >= 15 is 0 Å². The van der Waals surface area contributed by atoms with Gasteiger partial charge < -0.3 is 14.5 Å². The summed E-state index contributed by atoms with van der Waals surface area (Å²) in [7, 11) is 0. The second kappa shape index (κ2) is 8.73. The SMILES string of the molecule is O=C(NCc1ccc(Cl)cc1)c1coc2ncc(CN3CCOCC3)cc2c1=O. The quantitative estimate of drug-likeness (QED) is 0.692. The highest BCUT2D eigenvalue weighted by Gasteiger charge is 2.17. The Morgan fingerprint density at radius 2 is 1.93 bits per heavy atom. The van der Waals surface area contributed by atoms with E-state index in [0.29, 0.717) is 30.2 Å². The molecule has 3 aromatic rings. The molecule has 0 spiro atoms. The molecule has 29 heavy (non-hydrogen) atoms. The van der Waals surface area contributed by atoms with Gasteiger partial charge in [0.15, 0.2) is 0 Å². The number of halogens is 1. The highest BCUT2D eigenvalue weighted by Crippen LogP contribution is 2.14. The number of nitrogens with one attached hydrogen (secondary N) is 1. The van der Waals surface area contributed by atoms with Crippen LogP contribution in [-0.2, 0) is 17.8 Å².